The highest BCUT2D eigenvalue weighted by molar-refractivity contribution is 7.91. The highest BCUT2D eigenvalue weighted by Gasteiger charge is 2.70. The van der Waals surface area contributed by atoms with Crippen LogP contribution in [0.4, 0.5) is 37.8 Å². The Morgan fingerprint density at radius 3 is 2.24 bits per heavy atom. The van der Waals surface area contributed by atoms with Gasteiger partial charge in [0.05, 0.1) is 33.7 Å². The Hall–Kier alpha value is -4.24. The molecule has 3 N–H and O–H groups in total. The molecular formula is C27H22F6N6O2S. The van der Waals surface area contributed by atoms with Gasteiger partial charge in [0.2, 0.25) is 0 Å². The molecule has 0 bridgehead atoms. The lowest BCUT2D eigenvalue weighted by Gasteiger charge is -2.32. The number of pyridine rings is 2. The molecule has 42 heavy (non-hydrogen) atoms. The molecule has 220 valence electrons. The first kappa shape index (κ1) is 29.3. The van der Waals surface area contributed by atoms with Crippen LogP contribution in [0.25, 0.3) is 32.9 Å². The molecule has 3 aromatic heterocycles. The number of hydrogen-bond donors (Lipinski definition) is 3. The maximum atomic E-state index is 13.3. The van der Waals surface area contributed by atoms with E-state index in [0.717, 1.165) is 11.6 Å². The van der Waals surface area contributed by atoms with E-state index in [9.17, 15) is 35.7 Å². The summed E-state index contributed by atoms with van der Waals surface area (Å²) in [6.07, 6.45) is -6.33. The maximum Gasteiger partial charge on any atom is 0.428 e. The zero-order chi connectivity index (χ0) is 30.7. The molecule has 0 amide bonds. The molecule has 8 nitrogen and oxygen atoms in total. The van der Waals surface area contributed by atoms with Crippen molar-refractivity contribution >= 4 is 42.9 Å². The van der Waals surface area contributed by atoms with E-state index in [-0.39, 0.29) is 10.9 Å². The summed E-state index contributed by atoms with van der Waals surface area (Å²) < 4.78 is 99.9. The number of aryl methyl sites for hydroxylation is 1. The van der Waals surface area contributed by atoms with E-state index in [1.54, 1.807) is 55.7 Å². The van der Waals surface area contributed by atoms with Crippen LogP contribution in [0.15, 0.2) is 72.0 Å². The molecule has 5 aromatic rings. The molecule has 0 unspecified atom stereocenters. The summed E-state index contributed by atoms with van der Waals surface area (Å²) in [5, 5.41) is 18.2. The van der Waals surface area contributed by atoms with Gasteiger partial charge in [-0.3, -0.25) is 9.67 Å². The molecule has 2 aromatic carbocycles. The third-order valence-corrected chi connectivity index (χ3v) is 8.06. The number of alkyl halides is 6. The summed E-state index contributed by atoms with van der Waals surface area (Å²) in [5.41, 5.74) is -2.84. The lowest BCUT2D eigenvalue weighted by atomic mass is 9.98. The fraction of sp³-hybridized carbons (Fsp3) is 0.222. The van der Waals surface area contributed by atoms with E-state index in [1.807, 2.05) is 0 Å². The minimum atomic E-state index is -5.98. The standard InChI is InChI=1S/C27H22F6N6O2S/c1-15-19(7-8-22-21(15)13-37-39(22)14-25(40,26(28,29)30)27(31,32)33)24-20-11-23(36-12-16(20)9-10-35-24)38-17-3-5-18(6-4-17)42(2,34)41/h3-13,34,40H,14H2,1-2H3,(H,36,38)/t42-/m1/s1. The van der Waals surface area contributed by atoms with E-state index in [4.69, 9.17) is 4.78 Å². The lowest BCUT2D eigenvalue weighted by Crippen LogP contribution is -2.59. The van der Waals surface area contributed by atoms with Crippen LogP contribution in [-0.2, 0) is 16.3 Å². The zero-order valence-electron chi connectivity index (χ0n) is 21.9. The van der Waals surface area contributed by atoms with Gasteiger partial charge in [-0.15, -0.1) is 0 Å². The van der Waals surface area contributed by atoms with Gasteiger partial charge in [0.25, 0.3) is 5.60 Å². The Balaban J connectivity index is 1.53. The summed E-state index contributed by atoms with van der Waals surface area (Å²) in [4.78, 5) is 9.27. The third kappa shape index (κ3) is 5.13. The first-order chi connectivity index (χ1) is 19.5. The zero-order valence-corrected chi connectivity index (χ0v) is 22.7. The molecular weight excluding hydrogens is 586 g/mol. The highest BCUT2D eigenvalue weighted by atomic mass is 32.2. The molecule has 0 aliphatic rings. The average Bonchev–Trinajstić information content (AvgIpc) is 3.30. The van der Waals surface area contributed by atoms with Crippen molar-refractivity contribution in [3.05, 3.63) is 72.7 Å². The van der Waals surface area contributed by atoms with Crippen molar-refractivity contribution < 1.29 is 35.7 Å². The predicted molar refractivity (Wildman–Crippen MR) is 145 cm³/mol. The van der Waals surface area contributed by atoms with Crippen LogP contribution in [0, 0.1) is 11.7 Å². The first-order valence-corrected chi connectivity index (χ1v) is 14.1. The molecule has 15 heteroatoms. The van der Waals surface area contributed by atoms with Crippen LogP contribution >= 0.6 is 0 Å². The van der Waals surface area contributed by atoms with Crippen molar-refractivity contribution in [2.24, 2.45) is 0 Å². The Labute approximate surface area is 235 Å². The van der Waals surface area contributed by atoms with Crippen LogP contribution in [-0.4, -0.2) is 53.3 Å². The maximum absolute atomic E-state index is 13.3. The lowest BCUT2D eigenvalue weighted by molar-refractivity contribution is -0.372. The summed E-state index contributed by atoms with van der Waals surface area (Å²) in [5.74, 6) is 0.442. The molecule has 1 atom stereocenters. The monoisotopic (exact) mass is 608 g/mol. The van der Waals surface area contributed by atoms with Crippen molar-refractivity contribution in [3.63, 3.8) is 0 Å². The second-order valence-corrected chi connectivity index (χ2v) is 11.9. The SMILES string of the molecule is Cc1c(-c2nccc3cnc(Nc4ccc([S@](C)(=N)=O)cc4)cc23)ccc2c1cnn2CC(O)(C(F)(F)F)C(F)(F)F. The molecule has 0 saturated carbocycles. The minimum Gasteiger partial charge on any atom is -0.372 e. The van der Waals surface area contributed by atoms with Crippen molar-refractivity contribution in [2.45, 2.75) is 36.3 Å². The first-order valence-electron chi connectivity index (χ1n) is 12.2. The van der Waals surface area contributed by atoms with E-state index in [1.165, 1.54) is 18.4 Å². The Bertz CT molecular complexity index is 1900. The number of benzene rings is 2. The average molecular weight is 609 g/mol. The third-order valence-electron chi connectivity index (χ3n) is 6.89. The normalized spacial score (nSPS) is 14.3. The Morgan fingerprint density at radius 2 is 1.62 bits per heavy atom. The van der Waals surface area contributed by atoms with Gasteiger partial charge >= 0.3 is 12.4 Å². The molecule has 0 aliphatic heterocycles. The molecule has 0 spiro atoms. The fourth-order valence-electron chi connectivity index (χ4n) is 4.53. The van der Waals surface area contributed by atoms with Gasteiger partial charge in [-0.25, -0.2) is 14.0 Å². The number of halogens is 6. The minimum absolute atomic E-state index is 0.0282. The molecule has 5 rings (SSSR count). The van der Waals surface area contributed by atoms with E-state index < -0.39 is 34.2 Å². The van der Waals surface area contributed by atoms with Gasteiger partial charge in [0, 0.05) is 51.0 Å². The molecule has 0 saturated heterocycles. The molecule has 0 aliphatic carbocycles. The number of aliphatic hydroxyl groups is 1. The van der Waals surface area contributed by atoms with Crippen LogP contribution in [0.1, 0.15) is 5.56 Å². The van der Waals surface area contributed by atoms with Crippen LogP contribution in [0.2, 0.25) is 0 Å². The van der Waals surface area contributed by atoms with Crippen LogP contribution in [0.3, 0.4) is 0 Å². The van der Waals surface area contributed by atoms with Gasteiger partial charge in [-0.1, -0.05) is 6.07 Å². The Kier molecular flexibility index (Phi) is 6.93. The summed E-state index contributed by atoms with van der Waals surface area (Å²) in [6.45, 7) is -0.225. The smallest absolute Gasteiger partial charge is 0.372 e. The van der Waals surface area contributed by atoms with Crippen LogP contribution in [0.5, 0.6) is 0 Å². The molecule has 0 radical (unpaired) electrons. The fourth-order valence-corrected chi connectivity index (χ4v) is 5.18. The Morgan fingerprint density at radius 1 is 0.952 bits per heavy atom. The van der Waals surface area contributed by atoms with Gasteiger partial charge < -0.3 is 10.4 Å². The molecule has 3 heterocycles. The quantitative estimate of drug-likeness (QED) is 0.187. The summed E-state index contributed by atoms with van der Waals surface area (Å²) >= 11 is 0. The largest absolute Gasteiger partial charge is 0.428 e. The summed E-state index contributed by atoms with van der Waals surface area (Å²) in [6, 6.07) is 12.8. The number of fused-ring (bicyclic) bond motifs is 2. The van der Waals surface area contributed by atoms with Crippen molar-refractivity contribution in [1.29, 1.82) is 4.78 Å². The van der Waals surface area contributed by atoms with E-state index >= 15 is 0 Å². The van der Waals surface area contributed by atoms with Gasteiger partial charge in [0.15, 0.2) is 0 Å². The number of anilines is 2. The van der Waals surface area contributed by atoms with Gasteiger partial charge in [-0.2, -0.15) is 31.4 Å². The number of rotatable bonds is 6. The van der Waals surface area contributed by atoms with Crippen molar-refractivity contribution in [3.8, 4) is 11.3 Å². The number of nitrogens with zero attached hydrogens (tertiary/aromatic N) is 4. The predicted octanol–water partition coefficient (Wildman–Crippen LogP) is 6.59. The topological polar surface area (TPSA) is 117 Å². The van der Waals surface area contributed by atoms with Crippen molar-refractivity contribution in [2.75, 3.05) is 11.6 Å². The molecule has 0 fully saturated rings. The van der Waals surface area contributed by atoms with E-state index in [0.29, 0.717) is 43.3 Å². The second kappa shape index (κ2) is 9.94. The number of hydrogen-bond acceptors (Lipinski definition) is 7. The summed E-state index contributed by atoms with van der Waals surface area (Å²) in [7, 11) is -2.87. The van der Waals surface area contributed by atoms with E-state index in [2.05, 4.69) is 20.4 Å². The van der Waals surface area contributed by atoms with Crippen molar-refractivity contribution in [1.82, 2.24) is 19.7 Å². The van der Waals surface area contributed by atoms with Crippen LogP contribution < -0.4 is 5.32 Å². The van der Waals surface area contributed by atoms with Gasteiger partial charge in [0.1, 0.15) is 5.82 Å². The number of nitrogens with one attached hydrogen (secondary N) is 2. The second-order valence-electron chi connectivity index (χ2n) is 9.77. The highest BCUT2D eigenvalue weighted by Crippen LogP contribution is 2.44. The van der Waals surface area contributed by atoms with Gasteiger partial charge in [-0.05, 0) is 55.0 Å². The number of aromatic nitrogens is 4.